The van der Waals surface area contributed by atoms with Crippen LogP contribution < -0.4 is 31.6 Å². The molecule has 4 N–H and O–H groups in total. The van der Waals surface area contributed by atoms with E-state index in [4.69, 9.17) is 21.2 Å². The number of hydrogen-bond donors (Lipinski definition) is 4. The molecule has 0 unspecified atom stereocenters. The molecule has 11 nitrogen and oxygen atoms in total. The molecule has 0 spiro atoms. The molecule has 1 aromatic carbocycles. The van der Waals surface area contributed by atoms with Gasteiger partial charge in [-0.05, 0) is 43.4 Å². The summed E-state index contributed by atoms with van der Waals surface area (Å²) in [5, 5.41) is 17.4. The molecule has 0 radical (unpaired) electrons. The SMILES string of the molecule is COc1ccc([C@H]2C3=C(ONN2c2cc(Cl)c4ncc(C#N)c(NCC(C)(C)C)c4c2)N(C2(C(F)F)CC2)NN3)c(C)n1. The van der Waals surface area contributed by atoms with Crippen LogP contribution in [-0.4, -0.2) is 40.6 Å². The van der Waals surface area contributed by atoms with E-state index in [0.29, 0.717) is 69.5 Å². The Morgan fingerprint density at radius 2 is 2.07 bits per heavy atom. The first-order valence-electron chi connectivity index (χ1n) is 13.8. The summed E-state index contributed by atoms with van der Waals surface area (Å²) >= 11 is 6.81. The standard InChI is InChI=1S/C29H32ClF2N9O2/c1-15-18(6-7-21(36-15)42-5)25-24-26(41(38-37-24)29(8-9-29)27(31)32)43-39-40(25)17-10-19-22(35-14-28(2,3)4)16(12-33)13-34-23(19)20(30)11-17/h6-7,10-11,13,25,27,37-39H,8-9,14H2,1-5H3,(H,34,35)/t25-/m0/s1. The molecule has 1 fully saturated rings. The van der Waals surface area contributed by atoms with Gasteiger partial charge in [-0.2, -0.15) is 5.26 Å². The predicted molar refractivity (Wildman–Crippen MR) is 157 cm³/mol. The lowest BCUT2D eigenvalue weighted by atomic mass is 9.96. The minimum absolute atomic E-state index is 0.0665. The summed E-state index contributed by atoms with van der Waals surface area (Å²) in [6.45, 7) is 8.72. The molecule has 0 bridgehead atoms. The average molecular weight is 612 g/mol. The van der Waals surface area contributed by atoms with E-state index in [0.717, 1.165) is 5.56 Å². The number of halogens is 3. The third-order valence-corrected chi connectivity index (χ3v) is 8.12. The van der Waals surface area contributed by atoms with E-state index in [9.17, 15) is 14.0 Å². The summed E-state index contributed by atoms with van der Waals surface area (Å²) < 4.78 is 33.6. The zero-order valence-corrected chi connectivity index (χ0v) is 25.1. The molecule has 0 amide bonds. The number of alkyl halides is 2. The smallest absolute Gasteiger partial charge is 0.263 e. The number of aromatic nitrogens is 2. The highest BCUT2D eigenvalue weighted by molar-refractivity contribution is 6.35. The maximum absolute atomic E-state index is 14.1. The first-order chi connectivity index (χ1) is 20.5. The summed E-state index contributed by atoms with van der Waals surface area (Å²) in [5.74, 6) is 0.649. The van der Waals surface area contributed by atoms with Gasteiger partial charge in [0.1, 0.15) is 23.3 Å². The molecule has 4 heterocycles. The number of hydrogen-bond acceptors (Lipinski definition) is 11. The van der Waals surface area contributed by atoms with Crippen molar-refractivity contribution in [1.29, 1.82) is 5.26 Å². The molecule has 3 aliphatic rings. The van der Waals surface area contributed by atoms with Crippen molar-refractivity contribution >= 4 is 33.9 Å². The second kappa shape index (κ2) is 10.6. The molecule has 1 saturated carbocycles. The lowest BCUT2D eigenvalue weighted by molar-refractivity contribution is -0.0582. The third kappa shape index (κ3) is 4.99. The molecule has 226 valence electrons. The fourth-order valence-corrected chi connectivity index (χ4v) is 5.61. The van der Waals surface area contributed by atoms with Gasteiger partial charge in [0.2, 0.25) is 5.88 Å². The number of nitrogens with zero attached hydrogens (tertiary/aromatic N) is 5. The largest absolute Gasteiger partial charge is 0.481 e. The number of anilines is 2. The summed E-state index contributed by atoms with van der Waals surface area (Å²) in [4.78, 5) is 15.0. The number of aryl methyl sites for hydroxylation is 1. The van der Waals surface area contributed by atoms with E-state index >= 15 is 0 Å². The second-order valence-electron chi connectivity index (χ2n) is 12.1. The fraction of sp³-hybridized carbons (Fsp3) is 0.414. The second-order valence-corrected chi connectivity index (χ2v) is 12.5. The molecular formula is C29H32ClF2N9O2. The molecule has 1 atom stereocenters. The zero-order chi connectivity index (χ0) is 30.7. The highest BCUT2D eigenvalue weighted by Crippen LogP contribution is 2.51. The normalized spacial score (nSPS) is 19.2. The fourth-order valence-electron chi connectivity index (χ4n) is 5.34. The first kappa shape index (κ1) is 29.0. The van der Waals surface area contributed by atoms with Gasteiger partial charge in [0.05, 0.1) is 34.6 Å². The Morgan fingerprint density at radius 3 is 2.70 bits per heavy atom. The lowest BCUT2D eigenvalue weighted by Crippen LogP contribution is -2.51. The van der Waals surface area contributed by atoms with Gasteiger partial charge in [-0.3, -0.25) is 9.99 Å². The van der Waals surface area contributed by atoms with Crippen molar-refractivity contribution in [2.24, 2.45) is 5.41 Å². The van der Waals surface area contributed by atoms with Gasteiger partial charge in [-0.25, -0.2) is 18.8 Å². The maximum Gasteiger partial charge on any atom is 0.263 e. The Balaban J connectivity index is 1.50. The van der Waals surface area contributed by atoms with Gasteiger partial charge in [0.15, 0.2) is 0 Å². The monoisotopic (exact) mass is 611 g/mol. The number of benzene rings is 1. The number of methoxy groups -OCH3 is 1. The van der Waals surface area contributed by atoms with Crippen molar-refractivity contribution in [3.8, 4) is 11.9 Å². The van der Waals surface area contributed by atoms with Crippen molar-refractivity contribution in [1.82, 2.24) is 31.5 Å². The van der Waals surface area contributed by atoms with Crippen molar-refractivity contribution < 1.29 is 18.4 Å². The van der Waals surface area contributed by atoms with Crippen molar-refractivity contribution in [3.63, 3.8) is 0 Å². The number of nitrogens with one attached hydrogen (secondary N) is 4. The Morgan fingerprint density at radius 1 is 1.30 bits per heavy atom. The van der Waals surface area contributed by atoms with Gasteiger partial charge in [-0.1, -0.05) is 38.0 Å². The van der Waals surface area contributed by atoms with Crippen LogP contribution in [0.4, 0.5) is 20.2 Å². The Labute approximate surface area is 252 Å². The Hall–Kier alpha value is -4.12. The van der Waals surface area contributed by atoms with Gasteiger partial charge in [0.25, 0.3) is 12.3 Å². The van der Waals surface area contributed by atoms with Gasteiger partial charge in [0, 0.05) is 35.5 Å². The summed E-state index contributed by atoms with van der Waals surface area (Å²) in [6, 6.07) is 8.81. The van der Waals surface area contributed by atoms with Crippen LogP contribution in [0.3, 0.4) is 0 Å². The van der Waals surface area contributed by atoms with E-state index in [2.05, 4.69) is 58.7 Å². The highest BCUT2D eigenvalue weighted by Gasteiger charge is 2.60. The number of nitriles is 1. The van der Waals surface area contributed by atoms with Crippen LogP contribution in [0, 0.1) is 23.7 Å². The van der Waals surface area contributed by atoms with E-state index in [1.807, 2.05) is 19.1 Å². The van der Waals surface area contributed by atoms with E-state index in [1.165, 1.54) is 18.3 Å². The molecule has 3 aromatic rings. The topological polar surface area (TPSA) is 123 Å². The number of fused-ring (bicyclic) bond motifs is 1. The van der Waals surface area contributed by atoms with Crippen LogP contribution >= 0.6 is 11.6 Å². The van der Waals surface area contributed by atoms with Crippen LogP contribution in [0.15, 0.2) is 42.0 Å². The van der Waals surface area contributed by atoms with Crippen LogP contribution in [0.1, 0.15) is 56.5 Å². The summed E-state index contributed by atoms with van der Waals surface area (Å²) in [5.41, 5.74) is 11.5. The molecule has 2 aliphatic heterocycles. The molecule has 0 saturated heterocycles. The van der Waals surface area contributed by atoms with Gasteiger partial charge in [-0.15, -0.1) is 5.53 Å². The lowest BCUT2D eigenvalue weighted by Gasteiger charge is -2.39. The molecule has 43 heavy (non-hydrogen) atoms. The average Bonchev–Trinajstić information content (AvgIpc) is 3.67. The minimum Gasteiger partial charge on any atom is -0.481 e. The van der Waals surface area contributed by atoms with Gasteiger partial charge >= 0.3 is 0 Å². The molecule has 6 rings (SSSR count). The number of rotatable bonds is 7. The summed E-state index contributed by atoms with van der Waals surface area (Å²) in [7, 11) is 1.54. The number of pyridine rings is 2. The molecule has 14 heteroatoms. The van der Waals surface area contributed by atoms with E-state index in [-0.39, 0.29) is 11.3 Å². The van der Waals surface area contributed by atoms with Crippen molar-refractivity contribution in [2.45, 2.75) is 58.5 Å². The quantitative estimate of drug-likeness (QED) is 0.281. The molecular weight excluding hydrogens is 580 g/mol. The van der Waals surface area contributed by atoms with Crippen LogP contribution in [-0.2, 0) is 4.84 Å². The third-order valence-electron chi connectivity index (χ3n) is 7.83. The van der Waals surface area contributed by atoms with Crippen molar-refractivity contribution in [3.05, 3.63) is 63.9 Å². The van der Waals surface area contributed by atoms with Crippen LogP contribution in [0.25, 0.3) is 10.9 Å². The molecule has 2 aromatic heterocycles. The summed E-state index contributed by atoms with van der Waals surface area (Å²) in [6.07, 6.45) is -0.448. The number of hydrazine groups is 3. The number of ether oxygens (including phenoxy) is 1. The molecule has 1 aliphatic carbocycles. The Kier molecular flexibility index (Phi) is 7.11. The van der Waals surface area contributed by atoms with Crippen molar-refractivity contribution in [2.75, 3.05) is 24.0 Å². The van der Waals surface area contributed by atoms with Crippen LogP contribution in [0.2, 0.25) is 5.02 Å². The first-order valence-corrected chi connectivity index (χ1v) is 14.2. The van der Waals surface area contributed by atoms with E-state index < -0.39 is 18.0 Å². The zero-order valence-electron chi connectivity index (χ0n) is 24.3. The Bertz CT molecular complexity index is 1670. The minimum atomic E-state index is -2.58. The predicted octanol–water partition coefficient (Wildman–Crippen LogP) is 5.22. The highest BCUT2D eigenvalue weighted by atomic mass is 35.5. The van der Waals surface area contributed by atoms with E-state index in [1.54, 1.807) is 17.1 Å². The maximum atomic E-state index is 14.1. The van der Waals surface area contributed by atoms with Crippen LogP contribution in [0.5, 0.6) is 5.88 Å². The van der Waals surface area contributed by atoms with Gasteiger partial charge < -0.3 is 20.3 Å².